The van der Waals surface area contributed by atoms with E-state index in [1.807, 2.05) is 19.0 Å². The van der Waals surface area contributed by atoms with Crippen molar-refractivity contribution in [3.63, 3.8) is 0 Å². The zero-order chi connectivity index (χ0) is 5.44. The third-order valence-corrected chi connectivity index (χ3v) is 1.39. The highest BCUT2D eigenvalue weighted by Crippen LogP contribution is 2.24. The fourth-order valence-electron chi connectivity index (χ4n) is 0.724. The Kier molecular flexibility index (Phi) is 1.05. The predicted octanol–water partition coefficient (Wildman–Crippen LogP) is -0.319. The second-order valence-corrected chi connectivity index (χ2v) is 2.33. The van der Waals surface area contributed by atoms with Gasteiger partial charge in [0.15, 0.2) is 0 Å². The first kappa shape index (κ1) is 5.06. The molecule has 0 saturated heterocycles. The summed E-state index contributed by atoms with van der Waals surface area (Å²) in [6, 6.07) is 0.458. The molecule has 0 spiro atoms. The monoisotopic (exact) mass is 101 g/mol. The summed E-state index contributed by atoms with van der Waals surface area (Å²) in [5.41, 5.74) is 0. The highest BCUT2D eigenvalue weighted by molar-refractivity contribution is 4.92. The minimum absolute atomic E-state index is 0.0324. The van der Waals surface area contributed by atoms with Crippen LogP contribution in [0.1, 0.15) is 6.42 Å². The molecule has 0 heterocycles. The summed E-state index contributed by atoms with van der Waals surface area (Å²) in [6.07, 6.45) is 0.933. The molecular formula is C5H11NO. The van der Waals surface area contributed by atoms with E-state index in [0.29, 0.717) is 6.04 Å². The third-order valence-electron chi connectivity index (χ3n) is 1.39. The maximum Gasteiger partial charge on any atom is 0.0712 e. The molecule has 0 aliphatic heterocycles. The van der Waals surface area contributed by atoms with Gasteiger partial charge in [0.05, 0.1) is 6.10 Å². The Morgan fingerprint density at radius 2 is 2.00 bits per heavy atom. The minimum atomic E-state index is -0.0324. The molecule has 2 atom stereocenters. The van der Waals surface area contributed by atoms with Crippen molar-refractivity contribution in [2.45, 2.75) is 18.6 Å². The lowest BCUT2D eigenvalue weighted by Gasteiger charge is -2.04. The van der Waals surface area contributed by atoms with Crippen molar-refractivity contribution in [3.05, 3.63) is 0 Å². The molecule has 1 aliphatic rings. The van der Waals surface area contributed by atoms with Crippen molar-refractivity contribution in [1.29, 1.82) is 0 Å². The zero-order valence-corrected chi connectivity index (χ0v) is 4.76. The summed E-state index contributed by atoms with van der Waals surface area (Å²) in [5, 5.41) is 8.76. The van der Waals surface area contributed by atoms with Gasteiger partial charge in [0.1, 0.15) is 0 Å². The Balaban J connectivity index is 2.20. The van der Waals surface area contributed by atoms with Crippen LogP contribution in [-0.2, 0) is 0 Å². The van der Waals surface area contributed by atoms with E-state index in [4.69, 9.17) is 5.11 Å². The molecule has 42 valence electrons. The lowest BCUT2D eigenvalue weighted by Crippen LogP contribution is -2.17. The van der Waals surface area contributed by atoms with Gasteiger partial charge in [0.25, 0.3) is 0 Å². The van der Waals surface area contributed by atoms with Crippen LogP contribution in [0.5, 0.6) is 0 Å². The molecule has 0 radical (unpaired) electrons. The van der Waals surface area contributed by atoms with E-state index < -0.39 is 0 Å². The molecule has 1 unspecified atom stereocenters. The molecular weight excluding hydrogens is 90.1 g/mol. The van der Waals surface area contributed by atoms with E-state index >= 15 is 0 Å². The van der Waals surface area contributed by atoms with Crippen molar-refractivity contribution in [2.75, 3.05) is 14.1 Å². The van der Waals surface area contributed by atoms with E-state index in [9.17, 15) is 0 Å². The first-order chi connectivity index (χ1) is 3.22. The quantitative estimate of drug-likeness (QED) is 0.489. The van der Waals surface area contributed by atoms with Crippen LogP contribution in [0.2, 0.25) is 0 Å². The molecule has 0 aromatic rings. The minimum Gasteiger partial charge on any atom is -0.391 e. The Hall–Kier alpha value is -0.0800. The SMILES string of the molecule is CN(C)C1C[C@H]1O. The first-order valence-corrected chi connectivity index (χ1v) is 2.56. The highest BCUT2D eigenvalue weighted by Gasteiger charge is 2.36. The van der Waals surface area contributed by atoms with E-state index in [-0.39, 0.29) is 6.10 Å². The largest absolute Gasteiger partial charge is 0.391 e. The first-order valence-electron chi connectivity index (χ1n) is 2.56. The normalized spacial score (nSPS) is 39.4. The van der Waals surface area contributed by atoms with Gasteiger partial charge in [-0.05, 0) is 20.5 Å². The van der Waals surface area contributed by atoms with Gasteiger partial charge in [-0.1, -0.05) is 0 Å². The van der Waals surface area contributed by atoms with Gasteiger partial charge in [-0.2, -0.15) is 0 Å². The highest BCUT2D eigenvalue weighted by atomic mass is 16.3. The van der Waals surface area contributed by atoms with Crippen molar-refractivity contribution < 1.29 is 5.11 Å². The van der Waals surface area contributed by atoms with Crippen LogP contribution < -0.4 is 0 Å². The van der Waals surface area contributed by atoms with E-state index in [1.165, 1.54) is 0 Å². The molecule has 1 N–H and O–H groups in total. The van der Waals surface area contributed by atoms with Crippen LogP contribution in [0, 0.1) is 0 Å². The molecule has 0 amide bonds. The zero-order valence-electron chi connectivity index (χ0n) is 4.76. The van der Waals surface area contributed by atoms with Gasteiger partial charge >= 0.3 is 0 Å². The smallest absolute Gasteiger partial charge is 0.0712 e. The molecule has 1 rings (SSSR count). The molecule has 2 heteroatoms. The van der Waals surface area contributed by atoms with Crippen LogP contribution in [0.4, 0.5) is 0 Å². The summed E-state index contributed by atoms with van der Waals surface area (Å²) >= 11 is 0. The number of hydrogen-bond donors (Lipinski definition) is 1. The van der Waals surface area contributed by atoms with E-state index in [2.05, 4.69) is 0 Å². The van der Waals surface area contributed by atoms with Gasteiger partial charge in [0, 0.05) is 6.04 Å². The fraction of sp³-hybridized carbons (Fsp3) is 1.00. The summed E-state index contributed by atoms with van der Waals surface area (Å²) in [5.74, 6) is 0. The number of aliphatic hydroxyl groups excluding tert-OH is 1. The van der Waals surface area contributed by atoms with Gasteiger partial charge in [-0.15, -0.1) is 0 Å². The van der Waals surface area contributed by atoms with E-state index in [1.54, 1.807) is 0 Å². The van der Waals surface area contributed by atoms with Crippen LogP contribution in [-0.4, -0.2) is 36.2 Å². The maximum atomic E-state index is 8.76. The molecule has 0 bridgehead atoms. The average Bonchev–Trinajstić information content (AvgIpc) is 2.17. The number of likely N-dealkylation sites (N-methyl/N-ethyl adjacent to an activating group) is 1. The second-order valence-electron chi connectivity index (χ2n) is 2.33. The lowest BCUT2D eigenvalue weighted by atomic mass is 10.6. The predicted molar refractivity (Wildman–Crippen MR) is 28.1 cm³/mol. The average molecular weight is 101 g/mol. The molecule has 0 aromatic carbocycles. The van der Waals surface area contributed by atoms with Gasteiger partial charge < -0.3 is 10.0 Å². The number of nitrogens with zero attached hydrogens (tertiary/aromatic N) is 1. The summed E-state index contributed by atoms with van der Waals surface area (Å²) < 4.78 is 0. The van der Waals surface area contributed by atoms with Gasteiger partial charge in [0.2, 0.25) is 0 Å². The standard InChI is InChI=1S/C5H11NO/c1-6(2)4-3-5(4)7/h4-5,7H,3H2,1-2H3/t4?,5-/m1/s1. The topological polar surface area (TPSA) is 23.5 Å². The Bertz CT molecular complexity index is 72.5. The molecule has 1 fully saturated rings. The number of aliphatic hydroxyl groups is 1. The van der Waals surface area contributed by atoms with Gasteiger partial charge in [-0.3, -0.25) is 0 Å². The summed E-state index contributed by atoms with van der Waals surface area (Å²) in [4.78, 5) is 2.05. The molecule has 2 nitrogen and oxygen atoms in total. The van der Waals surface area contributed by atoms with Crippen molar-refractivity contribution in [2.24, 2.45) is 0 Å². The Morgan fingerprint density at radius 1 is 1.57 bits per heavy atom. The summed E-state index contributed by atoms with van der Waals surface area (Å²) in [7, 11) is 3.97. The number of hydrogen-bond acceptors (Lipinski definition) is 2. The van der Waals surface area contributed by atoms with Crippen molar-refractivity contribution in [1.82, 2.24) is 4.90 Å². The van der Waals surface area contributed by atoms with Crippen LogP contribution >= 0.6 is 0 Å². The number of rotatable bonds is 1. The Morgan fingerprint density at radius 3 is 2.00 bits per heavy atom. The molecule has 0 aromatic heterocycles. The third kappa shape index (κ3) is 0.924. The molecule has 1 aliphatic carbocycles. The Labute approximate surface area is 43.7 Å². The molecule has 1 saturated carbocycles. The summed E-state index contributed by atoms with van der Waals surface area (Å²) in [6.45, 7) is 0. The van der Waals surface area contributed by atoms with Crippen molar-refractivity contribution >= 4 is 0 Å². The van der Waals surface area contributed by atoms with Crippen LogP contribution in [0.15, 0.2) is 0 Å². The lowest BCUT2D eigenvalue weighted by molar-refractivity contribution is 0.231. The van der Waals surface area contributed by atoms with Crippen molar-refractivity contribution in [3.8, 4) is 0 Å². The van der Waals surface area contributed by atoms with Crippen LogP contribution in [0.25, 0.3) is 0 Å². The molecule has 7 heavy (non-hydrogen) atoms. The second kappa shape index (κ2) is 1.46. The maximum absolute atomic E-state index is 8.76. The van der Waals surface area contributed by atoms with Gasteiger partial charge in [-0.25, -0.2) is 0 Å². The van der Waals surface area contributed by atoms with E-state index in [0.717, 1.165) is 6.42 Å². The van der Waals surface area contributed by atoms with Crippen LogP contribution in [0.3, 0.4) is 0 Å². The fourth-order valence-corrected chi connectivity index (χ4v) is 0.724.